The Labute approximate surface area is 162 Å². The van der Waals surface area contributed by atoms with Crippen molar-refractivity contribution in [2.45, 2.75) is 13.0 Å². The normalized spacial score (nSPS) is 13.6. The molecule has 2 aromatic heterocycles. The molecule has 28 heavy (non-hydrogen) atoms. The van der Waals surface area contributed by atoms with E-state index < -0.39 is 0 Å². The van der Waals surface area contributed by atoms with Crippen LogP contribution in [-0.4, -0.2) is 40.6 Å². The van der Waals surface area contributed by atoms with Crippen molar-refractivity contribution in [2.75, 3.05) is 13.2 Å². The second kappa shape index (κ2) is 7.66. The third kappa shape index (κ3) is 3.94. The van der Waals surface area contributed by atoms with Crippen molar-refractivity contribution < 1.29 is 19.3 Å². The van der Waals surface area contributed by atoms with Crippen LogP contribution in [0.2, 0.25) is 0 Å². The van der Waals surface area contributed by atoms with E-state index in [2.05, 4.69) is 9.97 Å². The van der Waals surface area contributed by atoms with Crippen molar-refractivity contribution in [2.24, 2.45) is 0 Å². The van der Waals surface area contributed by atoms with Gasteiger partial charge < -0.3 is 24.7 Å². The topological polar surface area (TPSA) is 97.6 Å². The maximum atomic E-state index is 9.50. The standard InChI is InChI=1S/C21H19N3O4/c1-13-6-16(8-21(24-13)28-17-11-26-12-17)27-20-7-14(9-22)2-4-18(20)19-5-3-15(25)10-23-19/h2-10,17,22,25H,11-12H2,1H3. The van der Waals surface area contributed by atoms with E-state index in [9.17, 15) is 5.11 Å². The highest BCUT2D eigenvalue weighted by atomic mass is 16.6. The summed E-state index contributed by atoms with van der Waals surface area (Å²) in [4.78, 5) is 8.65. The van der Waals surface area contributed by atoms with Crippen LogP contribution in [0.1, 0.15) is 11.3 Å². The average Bonchev–Trinajstić information content (AvgIpc) is 2.65. The van der Waals surface area contributed by atoms with Crippen LogP contribution in [-0.2, 0) is 4.74 Å². The van der Waals surface area contributed by atoms with Gasteiger partial charge in [-0.15, -0.1) is 0 Å². The molecule has 1 aliphatic rings. The summed E-state index contributed by atoms with van der Waals surface area (Å²) in [7, 11) is 0. The molecule has 1 fully saturated rings. The van der Waals surface area contributed by atoms with Gasteiger partial charge >= 0.3 is 0 Å². The summed E-state index contributed by atoms with van der Waals surface area (Å²) in [6, 6.07) is 12.3. The minimum absolute atomic E-state index is 0.0140. The molecule has 0 radical (unpaired) electrons. The summed E-state index contributed by atoms with van der Waals surface area (Å²) in [5, 5.41) is 17.0. The van der Waals surface area contributed by atoms with E-state index in [1.54, 1.807) is 24.3 Å². The molecular weight excluding hydrogens is 358 g/mol. The first kappa shape index (κ1) is 17.9. The number of nitrogens with zero attached hydrogens (tertiary/aromatic N) is 2. The van der Waals surface area contributed by atoms with Gasteiger partial charge in [-0.25, -0.2) is 4.98 Å². The summed E-state index contributed by atoms with van der Waals surface area (Å²) >= 11 is 0. The molecule has 3 aromatic rings. The lowest BCUT2D eigenvalue weighted by Crippen LogP contribution is -2.38. The maximum absolute atomic E-state index is 9.50. The van der Waals surface area contributed by atoms with Crippen molar-refractivity contribution in [1.29, 1.82) is 5.41 Å². The Kier molecular flexibility index (Phi) is 4.90. The van der Waals surface area contributed by atoms with Crippen LogP contribution in [0.25, 0.3) is 11.3 Å². The monoisotopic (exact) mass is 377 g/mol. The molecule has 0 unspecified atom stereocenters. The van der Waals surface area contributed by atoms with Gasteiger partial charge in [-0.05, 0) is 36.8 Å². The van der Waals surface area contributed by atoms with E-state index in [0.717, 1.165) is 11.3 Å². The number of hydrogen-bond acceptors (Lipinski definition) is 7. The Morgan fingerprint density at radius 1 is 1.18 bits per heavy atom. The van der Waals surface area contributed by atoms with Crippen LogP contribution in [0.15, 0.2) is 48.7 Å². The number of aromatic hydroxyl groups is 1. The predicted octanol–water partition coefficient (Wildman–Crippen LogP) is 3.73. The van der Waals surface area contributed by atoms with Crippen LogP contribution < -0.4 is 9.47 Å². The van der Waals surface area contributed by atoms with Gasteiger partial charge in [0, 0.05) is 29.6 Å². The number of benzene rings is 1. The molecule has 7 heteroatoms. The Morgan fingerprint density at radius 2 is 2.04 bits per heavy atom. The molecule has 7 nitrogen and oxygen atoms in total. The maximum Gasteiger partial charge on any atom is 0.217 e. The molecule has 0 bridgehead atoms. The minimum atomic E-state index is 0.0140. The zero-order valence-electron chi connectivity index (χ0n) is 15.3. The SMILES string of the molecule is Cc1cc(Oc2cc(C=N)ccc2-c2ccc(O)cn2)cc(OC2COC2)n1. The number of rotatable bonds is 6. The zero-order valence-corrected chi connectivity index (χ0v) is 15.3. The first-order chi connectivity index (χ1) is 13.6. The van der Waals surface area contributed by atoms with Crippen LogP contribution in [0.5, 0.6) is 23.1 Å². The lowest BCUT2D eigenvalue weighted by atomic mass is 10.1. The molecular formula is C21H19N3O4. The van der Waals surface area contributed by atoms with Gasteiger partial charge in [-0.3, -0.25) is 4.98 Å². The summed E-state index contributed by atoms with van der Waals surface area (Å²) in [5.41, 5.74) is 2.86. The van der Waals surface area contributed by atoms with Crippen molar-refractivity contribution in [3.05, 3.63) is 59.9 Å². The number of hydrogen-bond donors (Lipinski definition) is 2. The molecule has 0 atom stereocenters. The van der Waals surface area contributed by atoms with Gasteiger partial charge in [-0.2, -0.15) is 0 Å². The number of nitrogens with one attached hydrogen (secondary N) is 1. The smallest absolute Gasteiger partial charge is 0.217 e. The average molecular weight is 377 g/mol. The van der Waals surface area contributed by atoms with Gasteiger partial charge in [0.05, 0.1) is 25.1 Å². The Morgan fingerprint density at radius 3 is 2.71 bits per heavy atom. The van der Waals surface area contributed by atoms with Crippen molar-refractivity contribution in [3.8, 4) is 34.4 Å². The lowest BCUT2D eigenvalue weighted by molar-refractivity contribution is -0.0814. The molecule has 1 aromatic carbocycles. The van der Waals surface area contributed by atoms with Gasteiger partial charge in [0.15, 0.2) is 0 Å². The molecule has 3 heterocycles. The van der Waals surface area contributed by atoms with Crippen LogP contribution in [0.3, 0.4) is 0 Å². The van der Waals surface area contributed by atoms with E-state index in [1.807, 2.05) is 25.1 Å². The quantitative estimate of drug-likeness (QED) is 0.635. The molecule has 0 amide bonds. The van der Waals surface area contributed by atoms with E-state index in [4.69, 9.17) is 19.6 Å². The van der Waals surface area contributed by atoms with Gasteiger partial charge in [-0.1, -0.05) is 6.07 Å². The molecule has 142 valence electrons. The van der Waals surface area contributed by atoms with Crippen LogP contribution >= 0.6 is 0 Å². The number of pyridine rings is 2. The third-order valence-corrected chi connectivity index (χ3v) is 4.22. The fourth-order valence-electron chi connectivity index (χ4n) is 2.78. The second-order valence-corrected chi connectivity index (χ2v) is 6.46. The zero-order chi connectivity index (χ0) is 19.5. The molecule has 2 N–H and O–H groups in total. The Bertz CT molecular complexity index is 1000. The third-order valence-electron chi connectivity index (χ3n) is 4.22. The molecule has 1 aliphatic heterocycles. The highest BCUT2D eigenvalue weighted by Gasteiger charge is 2.21. The fraction of sp³-hybridized carbons (Fsp3) is 0.190. The molecule has 0 aliphatic carbocycles. The second-order valence-electron chi connectivity index (χ2n) is 6.46. The molecule has 0 spiro atoms. The van der Waals surface area contributed by atoms with Crippen LogP contribution in [0.4, 0.5) is 0 Å². The largest absolute Gasteiger partial charge is 0.506 e. The van der Waals surface area contributed by atoms with Crippen molar-refractivity contribution in [3.63, 3.8) is 0 Å². The summed E-state index contributed by atoms with van der Waals surface area (Å²) < 4.78 is 17.1. The number of ether oxygens (including phenoxy) is 3. The number of aryl methyl sites for hydroxylation is 1. The van der Waals surface area contributed by atoms with E-state index in [0.29, 0.717) is 41.9 Å². The highest BCUT2D eigenvalue weighted by Crippen LogP contribution is 2.35. The van der Waals surface area contributed by atoms with E-state index >= 15 is 0 Å². The predicted molar refractivity (Wildman–Crippen MR) is 104 cm³/mol. The van der Waals surface area contributed by atoms with Crippen molar-refractivity contribution in [1.82, 2.24) is 9.97 Å². The Balaban J connectivity index is 1.68. The van der Waals surface area contributed by atoms with Gasteiger partial charge in [0.25, 0.3) is 0 Å². The first-order valence-corrected chi connectivity index (χ1v) is 8.81. The minimum Gasteiger partial charge on any atom is -0.506 e. The fourth-order valence-corrected chi connectivity index (χ4v) is 2.78. The van der Waals surface area contributed by atoms with Gasteiger partial charge in [0.2, 0.25) is 5.88 Å². The molecule has 0 saturated carbocycles. The van der Waals surface area contributed by atoms with Gasteiger partial charge in [0.1, 0.15) is 23.4 Å². The first-order valence-electron chi connectivity index (χ1n) is 8.81. The van der Waals surface area contributed by atoms with Crippen LogP contribution in [0, 0.1) is 12.3 Å². The summed E-state index contributed by atoms with van der Waals surface area (Å²) in [5.74, 6) is 1.69. The molecule has 4 rings (SSSR count). The van der Waals surface area contributed by atoms with E-state index in [1.165, 1.54) is 12.4 Å². The highest BCUT2D eigenvalue weighted by molar-refractivity contribution is 5.81. The van der Waals surface area contributed by atoms with E-state index in [-0.39, 0.29) is 11.9 Å². The lowest BCUT2D eigenvalue weighted by Gasteiger charge is -2.26. The van der Waals surface area contributed by atoms with Crippen molar-refractivity contribution >= 4 is 6.21 Å². The summed E-state index contributed by atoms with van der Waals surface area (Å²) in [6.07, 6.45) is 2.65. The number of aromatic nitrogens is 2. The summed E-state index contributed by atoms with van der Waals surface area (Å²) in [6.45, 7) is 2.99. The molecule has 1 saturated heterocycles. The Hall–Kier alpha value is -3.45.